The molecular formula is C34H38N10O. The number of hydroxylamine groups is 2. The molecule has 4 heterocycles. The van der Waals surface area contributed by atoms with Gasteiger partial charge in [0, 0.05) is 43.8 Å². The topological polar surface area (TPSA) is 111 Å². The molecular weight excluding hydrogens is 564 g/mol. The Morgan fingerprint density at radius 1 is 1.00 bits per heavy atom. The van der Waals surface area contributed by atoms with Crippen molar-refractivity contribution in [1.29, 1.82) is 5.26 Å². The number of piperazine rings is 1. The third-order valence-electron chi connectivity index (χ3n) is 8.85. The first-order valence-electron chi connectivity index (χ1n) is 15.8. The smallest absolute Gasteiger partial charge is 0.228 e. The summed E-state index contributed by atoms with van der Waals surface area (Å²) in [6, 6.07) is 20.2. The van der Waals surface area contributed by atoms with Crippen molar-refractivity contribution >= 4 is 33.7 Å². The minimum atomic E-state index is 0.0896. The molecule has 5 aromatic rings. The van der Waals surface area contributed by atoms with Crippen LogP contribution in [0.3, 0.4) is 0 Å². The predicted molar refractivity (Wildman–Crippen MR) is 174 cm³/mol. The van der Waals surface area contributed by atoms with E-state index < -0.39 is 0 Å². The zero-order valence-electron chi connectivity index (χ0n) is 25.8. The molecule has 1 N–H and O–H groups in total. The van der Waals surface area contributed by atoms with Crippen molar-refractivity contribution in [3.05, 3.63) is 78.6 Å². The van der Waals surface area contributed by atoms with E-state index in [9.17, 15) is 5.26 Å². The van der Waals surface area contributed by atoms with E-state index in [1.54, 1.807) is 0 Å². The summed E-state index contributed by atoms with van der Waals surface area (Å²) < 4.78 is 2.06. The Kier molecular flexibility index (Phi) is 8.05. The van der Waals surface area contributed by atoms with E-state index in [-0.39, 0.29) is 12.1 Å². The van der Waals surface area contributed by atoms with Crippen molar-refractivity contribution in [2.24, 2.45) is 5.92 Å². The molecule has 1 saturated carbocycles. The lowest BCUT2D eigenvalue weighted by atomic mass is 10.0. The molecule has 2 unspecified atom stereocenters. The highest BCUT2D eigenvalue weighted by Gasteiger charge is 2.34. The highest BCUT2D eigenvalue weighted by atomic mass is 16.7. The molecule has 2 atom stereocenters. The molecule has 1 aliphatic carbocycles. The van der Waals surface area contributed by atoms with Gasteiger partial charge in [-0.3, -0.25) is 14.6 Å². The van der Waals surface area contributed by atoms with E-state index in [0.29, 0.717) is 24.3 Å². The number of anilines is 2. The quantitative estimate of drug-likeness (QED) is 0.114. The summed E-state index contributed by atoms with van der Waals surface area (Å²) in [5.41, 5.74) is 3.95. The second kappa shape index (κ2) is 12.6. The second-order valence-corrected chi connectivity index (χ2v) is 12.0. The highest BCUT2D eigenvalue weighted by molar-refractivity contribution is 5.87. The number of fused-ring (bicyclic) bond motifs is 2. The summed E-state index contributed by atoms with van der Waals surface area (Å²) in [6.45, 7) is 7.70. The molecule has 1 aliphatic heterocycles. The van der Waals surface area contributed by atoms with Gasteiger partial charge in [-0.25, -0.2) is 4.98 Å². The largest absolute Gasteiger partial charge is 0.369 e. The van der Waals surface area contributed by atoms with Gasteiger partial charge in [0.05, 0.1) is 17.8 Å². The molecule has 3 aromatic heterocycles. The Labute approximate surface area is 263 Å². The van der Waals surface area contributed by atoms with Gasteiger partial charge in [0.25, 0.3) is 0 Å². The third-order valence-corrected chi connectivity index (χ3v) is 8.85. The number of hydrogen-bond donors (Lipinski definition) is 1. The molecule has 2 fully saturated rings. The van der Waals surface area contributed by atoms with Crippen LogP contribution in [0.1, 0.15) is 50.8 Å². The van der Waals surface area contributed by atoms with Crippen molar-refractivity contribution in [2.45, 2.75) is 45.2 Å². The normalized spacial score (nSPS) is 16.8. The number of pyridine rings is 1. The first-order chi connectivity index (χ1) is 22.1. The van der Waals surface area contributed by atoms with E-state index in [2.05, 4.69) is 64.1 Å². The summed E-state index contributed by atoms with van der Waals surface area (Å²) in [6.07, 6.45) is 9.32. The van der Waals surface area contributed by atoms with Crippen molar-refractivity contribution in [2.75, 3.05) is 43.1 Å². The molecule has 1 saturated heterocycles. The average Bonchev–Trinajstić information content (AvgIpc) is 3.84. The van der Waals surface area contributed by atoms with Gasteiger partial charge in [0.2, 0.25) is 12.1 Å². The molecule has 0 spiro atoms. The summed E-state index contributed by atoms with van der Waals surface area (Å²) in [4.78, 5) is 25.2. The van der Waals surface area contributed by atoms with Gasteiger partial charge in [0.1, 0.15) is 17.7 Å². The van der Waals surface area contributed by atoms with E-state index in [1.807, 2.05) is 48.8 Å². The van der Waals surface area contributed by atoms with Crippen LogP contribution in [-0.4, -0.2) is 67.5 Å². The molecule has 230 valence electrons. The lowest BCUT2D eigenvalue weighted by Gasteiger charge is -2.35. The zero-order valence-corrected chi connectivity index (χ0v) is 25.8. The van der Waals surface area contributed by atoms with E-state index in [0.717, 1.165) is 60.4 Å². The van der Waals surface area contributed by atoms with Crippen LogP contribution < -0.4 is 15.1 Å². The maximum absolute atomic E-state index is 9.66. The first kappa shape index (κ1) is 28.8. The standard InChI is InChI=1S/C34H38N10O/c1-3-24(2)44-32-30(21-37-44)38-34(42-17-15-41(16-18-42)23-43(22-35)45-28-10-5-4-6-11-28)40-33(32)39-31(25-13-14-25)27-19-26-9-7-8-12-29(26)36-20-27/h4-12,19-21,24-25,31H,3,13-18,23H2,1-2H3,(H,38,39,40). The Bertz CT molecular complexity index is 1810. The molecule has 7 rings (SSSR count). The van der Waals surface area contributed by atoms with Crippen molar-refractivity contribution in [1.82, 2.24) is 34.7 Å². The van der Waals surface area contributed by atoms with Crippen LogP contribution in [0.2, 0.25) is 0 Å². The van der Waals surface area contributed by atoms with Crippen LogP contribution in [0, 0.1) is 17.4 Å². The monoisotopic (exact) mass is 602 g/mol. The van der Waals surface area contributed by atoms with Crippen LogP contribution in [0.15, 0.2) is 73.1 Å². The van der Waals surface area contributed by atoms with Gasteiger partial charge in [-0.15, -0.1) is 5.06 Å². The number of hydrogen-bond acceptors (Lipinski definition) is 10. The van der Waals surface area contributed by atoms with Gasteiger partial charge in [-0.2, -0.15) is 15.3 Å². The van der Waals surface area contributed by atoms with Gasteiger partial charge in [0.15, 0.2) is 11.6 Å². The lowest BCUT2D eigenvalue weighted by molar-refractivity contribution is -0.0437. The fourth-order valence-corrected chi connectivity index (χ4v) is 5.97. The molecule has 0 radical (unpaired) electrons. The maximum atomic E-state index is 9.66. The zero-order chi connectivity index (χ0) is 30.8. The number of para-hydroxylation sites is 2. The summed E-state index contributed by atoms with van der Waals surface area (Å²) in [5, 5.41) is 20.8. The van der Waals surface area contributed by atoms with E-state index in [4.69, 9.17) is 24.9 Å². The second-order valence-electron chi connectivity index (χ2n) is 12.0. The first-order valence-corrected chi connectivity index (χ1v) is 15.8. The van der Waals surface area contributed by atoms with Crippen LogP contribution in [-0.2, 0) is 0 Å². The van der Waals surface area contributed by atoms with Gasteiger partial charge in [-0.1, -0.05) is 43.3 Å². The highest BCUT2D eigenvalue weighted by Crippen LogP contribution is 2.44. The number of nitrogens with zero attached hydrogens (tertiary/aromatic N) is 9. The molecule has 11 heteroatoms. The van der Waals surface area contributed by atoms with Crippen LogP contribution in [0.4, 0.5) is 11.8 Å². The van der Waals surface area contributed by atoms with Gasteiger partial charge >= 0.3 is 0 Å². The van der Waals surface area contributed by atoms with Crippen molar-refractivity contribution in [3.8, 4) is 11.9 Å². The molecule has 11 nitrogen and oxygen atoms in total. The van der Waals surface area contributed by atoms with Crippen LogP contribution in [0.5, 0.6) is 5.75 Å². The fraction of sp³-hybridized carbons (Fsp3) is 0.382. The Balaban J connectivity index is 1.14. The summed E-state index contributed by atoms with van der Waals surface area (Å²) in [7, 11) is 0. The summed E-state index contributed by atoms with van der Waals surface area (Å²) >= 11 is 0. The van der Waals surface area contributed by atoms with Crippen LogP contribution >= 0.6 is 0 Å². The molecule has 45 heavy (non-hydrogen) atoms. The van der Waals surface area contributed by atoms with E-state index >= 15 is 0 Å². The molecule has 0 bridgehead atoms. The minimum absolute atomic E-state index is 0.0896. The van der Waals surface area contributed by atoms with E-state index in [1.165, 1.54) is 23.5 Å². The van der Waals surface area contributed by atoms with Gasteiger partial charge < -0.3 is 15.1 Å². The summed E-state index contributed by atoms with van der Waals surface area (Å²) in [5.74, 6) is 2.66. The average molecular weight is 603 g/mol. The Morgan fingerprint density at radius 2 is 1.78 bits per heavy atom. The number of nitrogens with one attached hydrogen (secondary N) is 1. The Hall–Kier alpha value is -4.95. The van der Waals surface area contributed by atoms with Crippen molar-refractivity contribution in [3.63, 3.8) is 0 Å². The number of rotatable bonds is 11. The predicted octanol–water partition coefficient (Wildman–Crippen LogP) is 5.77. The number of aromatic nitrogens is 5. The molecule has 2 aromatic carbocycles. The SMILES string of the molecule is CCC(C)n1ncc2nc(N3CCN(CN(C#N)Oc4ccccc4)CC3)nc(NC(c3cnc4ccccc4c3)C3CC3)c21. The maximum Gasteiger partial charge on any atom is 0.228 e. The Morgan fingerprint density at radius 3 is 2.53 bits per heavy atom. The number of benzene rings is 2. The van der Waals surface area contributed by atoms with Crippen LogP contribution in [0.25, 0.3) is 21.9 Å². The van der Waals surface area contributed by atoms with Gasteiger partial charge in [-0.05, 0) is 61.9 Å². The molecule has 0 amide bonds. The molecule has 2 aliphatic rings. The van der Waals surface area contributed by atoms with Crippen molar-refractivity contribution < 1.29 is 4.84 Å². The fourth-order valence-electron chi connectivity index (χ4n) is 5.97. The minimum Gasteiger partial charge on any atom is -0.369 e. The number of nitriles is 1. The third kappa shape index (κ3) is 6.19. The lowest BCUT2D eigenvalue weighted by Crippen LogP contribution is -2.50.